The lowest BCUT2D eigenvalue weighted by atomic mass is 10.1. The summed E-state index contributed by atoms with van der Waals surface area (Å²) < 4.78 is 6.99. The molecule has 1 heterocycles. The summed E-state index contributed by atoms with van der Waals surface area (Å²) >= 11 is 0. The van der Waals surface area contributed by atoms with Crippen LogP contribution in [0.2, 0.25) is 0 Å². The van der Waals surface area contributed by atoms with E-state index in [0.29, 0.717) is 5.56 Å². The quantitative estimate of drug-likeness (QED) is 0.788. The van der Waals surface area contributed by atoms with Crippen LogP contribution in [-0.4, -0.2) is 17.6 Å². The lowest BCUT2D eigenvalue weighted by Crippen LogP contribution is -2.11. The molecule has 0 saturated carbocycles. The van der Waals surface area contributed by atoms with Gasteiger partial charge in [-0.15, -0.1) is 0 Å². The molecule has 0 N–H and O–H groups in total. The predicted molar refractivity (Wildman–Crippen MR) is 75.5 cm³/mol. The molecule has 100 valence electrons. The standard InChI is InChI=1S/C16H19NO2/c1-11-10-15(16(18)19-4)13(3)17(11)12(2)14-8-6-5-7-9-14/h5-10,12H,1-4H3. The average Bonchev–Trinajstić information content (AvgIpc) is 2.73. The zero-order valence-electron chi connectivity index (χ0n) is 11.8. The van der Waals surface area contributed by atoms with Gasteiger partial charge < -0.3 is 9.30 Å². The number of aromatic nitrogens is 1. The van der Waals surface area contributed by atoms with Crippen molar-refractivity contribution in [1.82, 2.24) is 4.57 Å². The third-order valence-electron chi connectivity index (χ3n) is 3.56. The van der Waals surface area contributed by atoms with Gasteiger partial charge in [0.15, 0.2) is 0 Å². The number of carbonyl (C=O) groups is 1. The molecule has 19 heavy (non-hydrogen) atoms. The Morgan fingerprint density at radius 1 is 1.21 bits per heavy atom. The molecule has 0 saturated heterocycles. The summed E-state index contributed by atoms with van der Waals surface area (Å²) in [7, 11) is 1.41. The maximum absolute atomic E-state index is 11.7. The predicted octanol–water partition coefficient (Wildman–Crippen LogP) is 3.50. The van der Waals surface area contributed by atoms with Crippen molar-refractivity contribution in [3.63, 3.8) is 0 Å². The molecular formula is C16H19NO2. The second kappa shape index (κ2) is 5.31. The van der Waals surface area contributed by atoms with Gasteiger partial charge in [-0.1, -0.05) is 30.3 Å². The Balaban J connectivity index is 2.46. The molecule has 1 aromatic heterocycles. The number of hydrogen-bond acceptors (Lipinski definition) is 2. The molecule has 0 amide bonds. The molecule has 0 fully saturated rings. The van der Waals surface area contributed by atoms with Crippen LogP contribution in [0, 0.1) is 13.8 Å². The van der Waals surface area contributed by atoms with Crippen LogP contribution in [0.15, 0.2) is 36.4 Å². The minimum absolute atomic E-state index is 0.194. The minimum atomic E-state index is -0.278. The first-order chi connectivity index (χ1) is 9.06. The number of nitrogens with zero attached hydrogens (tertiary/aromatic N) is 1. The van der Waals surface area contributed by atoms with E-state index in [1.807, 2.05) is 38.1 Å². The summed E-state index contributed by atoms with van der Waals surface area (Å²) in [5.41, 5.74) is 3.87. The number of esters is 1. The minimum Gasteiger partial charge on any atom is -0.465 e. The fourth-order valence-electron chi connectivity index (χ4n) is 2.57. The average molecular weight is 257 g/mol. The van der Waals surface area contributed by atoms with E-state index in [2.05, 4.69) is 23.6 Å². The molecule has 3 nitrogen and oxygen atoms in total. The van der Waals surface area contributed by atoms with Crippen molar-refractivity contribution in [3.8, 4) is 0 Å². The first-order valence-corrected chi connectivity index (χ1v) is 6.38. The van der Waals surface area contributed by atoms with Gasteiger partial charge in [0, 0.05) is 11.4 Å². The number of methoxy groups -OCH3 is 1. The SMILES string of the molecule is COC(=O)c1cc(C)n(C(C)c2ccccc2)c1C. The number of ether oxygens (including phenoxy) is 1. The van der Waals surface area contributed by atoms with Crippen LogP contribution in [0.1, 0.15) is 40.3 Å². The second-order valence-electron chi connectivity index (χ2n) is 4.73. The zero-order chi connectivity index (χ0) is 14.0. The highest BCUT2D eigenvalue weighted by atomic mass is 16.5. The highest BCUT2D eigenvalue weighted by Crippen LogP contribution is 2.25. The molecule has 0 bridgehead atoms. The molecule has 0 spiro atoms. The molecule has 0 aliphatic carbocycles. The Hall–Kier alpha value is -2.03. The highest BCUT2D eigenvalue weighted by Gasteiger charge is 2.19. The Kier molecular flexibility index (Phi) is 3.74. The Morgan fingerprint density at radius 2 is 1.84 bits per heavy atom. The van der Waals surface area contributed by atoms with Crippen molar-refractivity contribution in [2.45, 2.75) is 26.8 Å². The monoisotopic (exact) mass is 257 g/mol. The van der Waals surface area contributed by atoms with Gasteiger partial charge in [0.05, 0.1) is 18.7 Å². The van der Waals surface area contributed by atoms with E-state index in [1.54, 1.807) is 0 Å². The van der Waals surface area contributed by atoms with Crippen molar-refractivity contribution in [1.29, 1.82) is 0 Å². The van der Waals surface area contributed by atoms with Crippen LogP contribution in [0.25, 0.3) is 0 Å². The smallest absolute Gasteiger partial charge is 0.339 e. The van der Waals surface area contributed by atoms with Crippen LogP contribution in [-0.2, 0) is 4.74 Å². The molecule has 0 aliphatic heterocycles. The van der Waals surface area contributed by atoms with Gasteiger partial charge in [-0.2, -0.15) is 0 Å². The molecule has 0 aliphatic rings. The van der Waals surface area contributed by atoms with Gasteiger partial charge in [0.25, 0.3) is 0 Å². The number of hydrogen-bond donors (Lipinski definition) is 0. The molecule has 2 rings (SSSR count). The summed E-state index contributed by atoms with van der Waals surface area (Å²) in [6.07, 6.45) is 0. The van der Waals surface area contributed by atoms with E-state index < -0.39 is 0 Å². The van der Waals surface area contributed by atoms with Crippen molar-refractivity contribution in [2.75, 3.05) is 7.11 Å². The third kappa shape index (κ3) is 2.41. The Labute approximate surface area is 113 Å². The van der Waals surface area contributed by atoms with Crippen molar-refractivity contribution in [2.24, 2.45) is 0 Å². The van der Waals surface area contributed by atoms with E-state index >= 15 is 0 Å². The van der Waals surface area contributed by atoms with Gasteiger partial charge in [0.2, 0.25) is 0 Å². The van der Waals surface area contributed by atoms with E-state index in [0.717, 1.165) is 11.4 Å². The summed E-state index contributed by atoms with van der Waals surface area (Å²) in [5, 5.41) is 0. The van der Waals surface area contributed by atoms with E-state index in [1.165, 1.54) is 12.7 Å². The maximum Gasteiger partial charge on any atom is 0.339 e. The number of rotatable bonds is 3. The number of benzene rings is 1. The zero-order valence-corrected chi connectivity index (χ0v) is 11.8. The first-order valence-electron chi connectivity index (χ1n) is 6.38. The molecule has 1 aromatic carbocycles. The lowest BCUT2D eigenvalue weighted by molar-refractivity contribution is 0.0599. The van der Waals surface area contributed by atoms with Crippen molar-refractivity contribution < 1.29 is 9.53 Å². The number of aryl methyl sites for hydroxylation is 1. The highest BCUT2D eigenvalue weighted by molar-refractivity contribution is 5.91. The fourth-order valence-corrected chi connectivity index (χ4v) is 2.57. The van der Waals surface area contributed by atoms with Crippen molar-refractivity contribution in [3.05, 3.63) is 58.9 Å². The molecule has 0 radical (unpaired) electrons. The molecule has 1 atom stereocenters. The Bertz CT molecular complexity index is 584. The summed E-state index contributed by atoms with van der Waals surface area (Å²) in [6, 6.07) is 12.3. The maximum atomic E-state index is 11.7. The van der Waals surface area contributed by atoms with E-state index in [-0.39, 0.29) is 12.0 Å². The molecule has 2 aromatic rings. The topological polar surface area (TPSA) is 31.2 Å². The van der Waals surface area contributed by atoms with E-state index in [4.69, 9.17) is 4.74 Å². The normalized spacial score (nSPS) is 12.2. The fraction of sp³-hybridized carbons (Fsp3) is 0.312. The van der Waals surface area contributed by atoms with Gasteiger partial charge in [-0.05, 0) is 32.4 Å². The molecule has 3 heteroatoms. The van der Waals surface area contributed by atoms with Gasteiger partial charge >= 0.3 is 5.97 Å². The summed E-state index contributed by atoms with van der Waals surface area (Å²) in [6.45, 7) is 6.11. The largest absolute Gasteiger partial charge is 0.465 e. The van der Waals surface area contributed by atoms with Gasteiger partial charge in [-0.3, -0.25) is 0 Å². The summed E-state index contributed by atoms with van der Waals surface area (Å²) in [4.78, 5) is 11.7. The van der Waals surface area contributed by atoms with Gasteiger partial charge in [-0.25, -0.2) is 4.79 Å². The third-order valence-corrected chi connectivity index (χ3v) is 3.56. The van der Waals surface area contributed by atoms with Crippen LogP contribution in [0.3, 0.4) is 0 Å². The lowest BCUT2D eigenvalue weighted by Gasteiger charge is -2.19. The van der Waals surface area contributed by atoms with Crippen LogP contribution < -0.4 is 0 Å². The second-order valence-corrected chi connectivity index (χ2v) is 4.73. The van der Waals surface area contributed by atoms with E-state index in [9.17, 15) is 4.79 Å². The summed E-state index contributed by atoms with van der Waals surface area (Å²) in [5.74, 6) is -0.278. The van der Waals surface area contributed by atoms with Crippen LogP contribution in [0.4, 0.5) is 0 Å². The molecule has 1 unspecified atom stereocenters. The van der Waals surface area contributed by atoms with Crippen LogP contribution in [0.5, 0.6) is 0 Å². The first kappa shape index (κ1) is 13.4. The van der Waals surface area contributed by atoms with Crippen molar-refractivity contribution >= 4 is 5.97 Å². The molecular weight excluding hydrogens is 238 g/mol. The number of carbonyl (C=O) groups excluding carboxylic acids is 1. The van der Waals surface area contributed by atoms with Crippen LogP contribution >= 0.6 is 0 Å². The Morgan fingerprint density at radius 3 is 2.42 bits per heavy atom. The van der Waals surface area contributed by atoms with Gasteiger partial charge in [0.1, 0.15) is 0 Å².